The molecule has 0 N–H and O–H groups in total. The van der Waals surface area contributed by atoms with Crippen molar-refractivity contribution >= 4 is 22.7 Å². The summed E-state index contributed by atoms with van der Waals surface area (Å²) in [5.74, 6) is 0. The van der Waals surface area contributed by atoms with Crippen LogP contribution < -0.4 is 9.80 Å². The lowest BCUT2D eigenvalue weighted by Crippen LogP contribution is -2.30. The first-order chi connectivity index (χ1) is 48.6. The Morgan fingerprint density at radius 2 is 0.490 bits per heavy atom. The minimum atomic E-state index is -0.628. The summed E-state index contributed by atoms with van der Waals surface area (Å²) in [6, 6.07) is 97.1. The van der Waals surface area contributed by atoms with E-state index in [0.29, 0.717) is 0 Å². The quantitative estimate of drug-likeness (QED) is 0.135. The maximum Gasteiger partial charge on any atom is 0.0714 e. The standard InChI is InChI=1S/C74H56N2.11C2H6/c1-3-75(69-37-21-25-51-43-49-23-17-19-35-59(49)71(51)69)57-39-41-61-63-47-68-64(48-67(63)73(65(61)45-57,53-27-9-5-10-28-53)54-29-11-6-12-30-54)62-42-40-58(46-66(62)74(68,55-31-13-7-14-32-55)56-33-15-8-16-34-56)76(4-2)70-38-22-26-52-44-50-24-18-20-36-60(50)72(52)70;11*1-2/h5-42,45-48H,3-4,43-44H2,1-2H3;11*1-2H3. The molecule has 11 aromatic rings. The lowest BCUT2D eigenvalue weighted by Gasteiger charge is -2.36. The van der Waals surface area contributed by atoms with Crippen LogP contribution >= 0.6 is 0 Å². The molecule has 0 aromatic heterocycles. The average molecular weight is 1300 g/mol. The molecule has 98 heavy (non-hydrogen) atoms. The molecule has 0 amide bonds. The highest BCUT2D eigenvalue weighted by atomic mass is 15.1. The van der Waals surface area contributed by atoms with Crippen molar-refractivity contribution in [1.29, 1.82) is 0 Å². The predicted octanol–water partition coefficient (Wildman–Crippen LogP) is 29.2. The molecular weight excluding hydrogens is 1180 g/mol. The third-order valence-electron chi connectivity index (χ3n) is 17.6. The average Bonchev–Trinajstić information content (AvgIpc) is 1.51. The molecule has 0 bridgehead atoms. The Morgan fingerprint density at radius 1 is 0.235 bits per heavy atom. The summed E-state index contributed by atoms with van der Waals surface area (Å²) in [5, 5.41) is 0. The van der Waals surface area contributed by atoms with E-state index in [1.54, 1.807) is 0 Å². The van der Waals surface area contributed by atoms with Crippen LogP contribution in [0.3, 0.4) is 0 Å². The number of hydrogen-bond acceptors (Lipinski definition) is 2. The van der Waals surface area contributed by atoms with E-state index < -0.39 is 10.8 Å². The van der Waals surface area contributed by atoms with Crippen LogP contribution in [-0.2, 0) is 23.7 Å². The SMILES string of the molecule is CC.CC.CC.CC.CC.CC.CC.CC.CC.CC.CC.CCN(c1ccc2c(c1)C(c1ccccc1)(c1ccccc1)c1cc3c(cc1-2)C(c1ccccc1)(c1ccccc1)c1cc(N(CC)c2cccc4c2-c2ccccc2C4)ccc1-3)c1cccc2c1-c1ccccc1C2. The molecule has 0 atom stereocenters. The van der Waals surface area contributed by atoms with Gasteiger partial charge in [-0.1, -0.05) is 359 Å². The second-order valence-electron chi connectivity index (χ2n) is 21.1. The molecule has 4 aliphatic rings. The van der Waals surface area contributed by atoms with Gasteiger partial charge in [0.1, 0.15) is 0 Å². The van der Waals surface area contributed by atoms with Gasteiger partial charge in [-0.25, -0.2) is 0 Å². The maximum absolute atomic E-state index is 2.62. The van der Waals surface area contributed by atoms with Gasteiger partial charge in [0.05, 0.1) is 10.8 Å². The van der Waals surface area contributed by atoms with Gasteiger partial charge >= 0.3 is 0 Å². The van der Waals surface area contributed by atoms with E-state index in [2.05, 4.69) is 278 Å². The van der Waals surface area contributed by atoms with Gasteiger partial charge in [-0.3, -0.25) is 0 Å². The van der Waals surface area contributed by atoms with Crippen molar-refractivity contribution < 1.29 is 0 Å². The van der Waals surface area contributed by atoms with Crippen molar-refractivity contribution in [2.75, 3.05) is 22.9 Å². The Labute approximate surface area is 598 Å². The third kappa shape index (κ3) is 15.0. The Bertz CT molecular complexity index is 3740. The lowest BCUT2D eigenvalue weighted by atomic mass is 9.66. The summed E-state index contributed by atoms with van der Waals surface area (Å²) in [6.45, 7) is 50.3. The van der Waals surface area contributed by atoms with E-state index in [1.165, 1.54) is 134 Å². The van der Waals surface area contributed by atoms with E-state index >= 15 is 0 Å². The van der Waals surface area contributed by atoms with Crippen LogP contribution in [0.25, 0.3) is 44.5 Å². The fourth-order valence-electron chi connectivity index (χ4n) is 14.5. The summed E-state index contributed by atoms with van der Waals surface area (Å²) in [6.07, 6.45) is 1.93. The fraction of sp³-hybridized carbons (Fsp3) is 0.312. The van der Waals surface area contributed by atoms with Gasteiger partial charge in [0.15, 0.2) is 0 Å². The number of rotatable bonds is 10. The molecule has 0 fully saturated rings. The zero-order valence-corrected chi connectivity index (χ0v) is 65.0. The Balaban J connectivity index is 0.000000850. The Kier molecular flexibility index (Phi) is 34.3. The smallest absolute Gasteiger partial charge is 0.0714 e. The molecule has 15 rings (SSSR count). The summed E-state index contributed by atoms with van der Waals surface area (Å²) >= 11 is 0. The molecule has 516 valence electrons. The molecule has 2 nitrogen and oxygen atoms in total. The molecule has 0 aliphatic heterocycles. The molecule has 11 aromatic carbocycles. The van der Waals surface area contributed by atoms with Crippen LogP contribution in [-0.4, -0.2) is 13.1 Å². The van der Waals surface area contributed by atoms with E-state index in [1.807, 2.05) is 152 Å². The fourth-order valence-corrected chi connectivity index (χ4v) is 14.5. The summed E-state index contributed by atoms with van der Waals surface area (Å²) in [7, 11) is 0. The second kappa shape index (κ2) is 41.3. The third-order valence-corrected chi connectivity index (χ3v) is 17.6. The van der Waals surface area contributed by atoms with Crippen molar-refractivity contribution in [3.8, 4) is 44.5 Å². The number of benzene rings is 11. The molecule has 0 saturated carbocycles. The number of anilines is 4. The molecule has 0 heterocycles. The molecule has 2 heteroatoms. The molecule has 4 aliphatic carbocycles. The second-order valence-corrected chi connectivity index (χ2v) is 21.1. The molecule has 0 spiro atoms. The van der Waals surface area contributed by atoms with Gasteiger partial charge in [0, 0.05) is 47.0 Å². The van der Waals surface area contributed by atoms with Crippen LogP contribution in [0.15, 0.2) is 255 Å². The highest BCUT2D eigenvalue weighted by molar-refractivity contribution is 5.98. The van der Waals surface area contributed by atoms with Crippen LogP contribution in [0, 0.1) is 0 Å². The number of hydrogen-bond donors (Lipinski definition) is 0. The first-order valence-electron chi connectivity index (χ1n) is 38.3. The molecule has 0 radical (unpaired) electrons. The Morgan fingerprint density at radius 3 is 0.776 bits per heavy atom. The number of fused-ring (bicyclic) bond motifs is 12. The van der Waals surface area contributed by atoms with Crippen molar-refractivity contribution in [3.05, 3.63) is 322 Å². The van der Waals surface area contributed by atoms with E-state index in [4.69, 9.17) is 0 Å². The van der Waals surface area contributed by atoms with Crippen LogP contribution in [0.1, 0.15) is 233 Å². The monoisotopic (exact) mass is 1300 g/mol. The topological polar surface area (TPSA) is 6.48 Å². The first kappa shape index (κ1) is 81.4. The van der Waals surface area contributed by atoms with Gasteiger partial charge in [-0.15, -0.1) is 0 Å². The Hall–Kier alpha value is -8.98. The zero-order valence-electron chi connectivity index (χ0n) is 65.0. The van der Waals surface area contributed by atoms with E-state index in [-0.39, 0.29) is 0 Å². The minimum absolute atomic E-state index is 0.628. The van der Waals surface area contributed by atoms with E-state index in [0.717, 1.165) is 25.9 Å². The van der Waals surface area contributed by atoms with E-state index in [9.17, 15) is 0 Å². The largest absolute Gasteiger partial charge is 0.341 e. The van der Waals surface area contributed by atoms with Crippen LogP contribution in [0.4, 0.5) is 22.7 Å². The lowest BCUT2D eigenvalue weighted by molar-refractivity contribution is 0.758. The van der Waals surface area contributed by atoms with Crippen LogP contribution in [0.2, 0.25) is 0 Å². The van der Waals surface area contributed by atoms with Crippen LogP contribution in [0.5, 0.6) is 0 Å². The van der Waals surface area contributed by atoms with Crippen molar-refractivity contribution in [2.45, 2.75) is 190 Å². The predicted molar refractivity (Wildman–Crippen MR) is 441 cm³/mol. The highest BCUT2D eigenvalue weighted by Gasteiger charge is 2.52. The molecule has 0 saturated heterocycles. The summed E-state index contributed by atoms with van der Waals surface area (Å²) in [4.78, 5) is 5.10. The molecular formula is C96H122N2. The molecule has 0 unspecified atom stereocenters. The van der Waals surface area contributed by atoms with Gasteiger partial charge in [0.2, 0.25) is 0 Å². The minimum Gasteiger partial charge on any atom is -0.341 e. The first-order valence-corrected chi connectivity index (χ1v) is 38.3. The van der Waals surface area contributed by atoms with Gasteiger partial charge in [-0.2, -0.15) is 0 Å². The normalized spacial score (nSPS) is 11.6. The summed E-state index contributed by atoms with van der Waals surface area (Å²) < 4.78 is 0. The van der Waals surface area contributed by atoms with Gasteiger partial charge in [-0.05, 0) is 175 Å². The van der Waals surface area contributed by atoms with Crippen molar-refractivity contribution in [2.24, 2.45) is 0 Å². The van der Waals surface area contributed by atoms with Crippen molar-refractivity contribution in [3.63, 3.8) is 0 Å². The summed E-state index contributed by atoms with van der Waals surface area (Å²) in [5.41, 5.74) is 30.1. The van der Waals surface area contributed by atoms with Gasteiger partial charge < -0.3 is 9.80 Å². The zero-order chi connectivity index (χ0) is 72.5. The highest BCUT2D eigenvalue weighted by Crippen LogP contribution is 2.64. The van der Waals surface area contributed by atoms with Gasteiger partial charge in [0.25, 0.3) is 0 Å². The maximum atomic E-state index is 2.62. The van der Waals surface area contributed by atoms with Crippen molar-refractivity contribution in [1.82, 2.24) is 0 Å². The number of nitrogens with zero attached hydrogens (tertiary/aromatic N) is 2.